The van der Waals surface area contributed by atoms with E-state index in [0.717, 1.165) is 48.2 Å². The Hall–Kier alpha value is -2.30. The van der Waals surface area contributed by atoms with Gasteiger partial charge in [0.25, 0.3) is 0 Å². The van der Waals surface area contributed by atoms with Crippen LogP contribution in [-0.4, -0.2) is 49.2 Å². The second-order valence-electron chi connectivity index (χ2n) is 8.81. The maximum Gasteiger partial charge on any atom is 0.136 e. The summed E-state index contributed by atoms with van der Waals surface area (Å²) in [5, 5.41) is 3.13. The third-order valence-corrected chi connectivity index (χ3v) is 7.33. The quantitative estimate of drug-likeness (QED) is 0.522. The first kappa shape index (κ1) is 20.6. The number of halogens is 1. The minimum atomic E-state index is 0.664. The van der Waals surface area contributed by atoms with Gasteiger partial charge in [-0.25, -0.2) is 4.98 Å². The number of ether oxygens (including phenoxy) is 1. The molecule has 1 saturated heterocycles. The maximum absolute atomic E-state index is 6.27. The fraction of sp³-hybridized carbons (Fsp3) is 0.423. The molecule has 0 amide bonds. The average Bonchev–Trinajstić information content (AvgIpc) is 2.84. The Bertz CT molecular complexity index is 1040. The van der Waals surface area contributed by atoms with E-state index in [1.165, 1.54) is 36.6 Å². The molecule has 2 fully saturated rings. The Balaban J connectivity index is 1.20. The van der Waals surface area contributed by atoms with Gasteiger partial charge in [-0.05, 0) is 72.9 Å². The third kappa shape index (κ3) is 4.37. The largest absolute Gasteiger partial charge is 0.497 e. The molecule has 0 bridgehead atoms. The van der Waals surface area contributed by atoms with E-state index in [1.54, 1.807) is 7.11 Å². The lowest BCUT2D eigenvalue weighted by molar-refractivity contribution is 0.141. The molecule has 0 atom stereocenters. The monoisotopic (exact) mass is 435 g/mol. The third-order valence-electron chi connectivity index (χ3n) is 7.10. The first-order valence-corrected chi connectivity index (χ1v) is 11.8. The van der Waals surface area contributed by atoms with Gasteiger partial charge < -0.3 is 9.64 Å². The van der Waals surface area contributed by atoms with E-state index in [2.05, 4.69) is 40.1 Å². The van der Waals surface area contributed by atoms with Crippen LogP contribution in [0.1, 0.15) is 37.2 Å². The molecule has 1 aromatic heterocycles. The average molecular weight is 436 g/mol. The standard InChI is InChI=1S/C26H30ClN3O/c1-31-24-4-2-3-21(17-24)19-6-9-23(10-7-19)29-13-15-30(16-14-29)26-25-18-22(27)8-5-20(25)11-12-28-26/h2-5,8,11-12,17-19,23H,6-7,9-10,13-16H2,1H3/t19-,23-. The van der Waals surface area contributed by atoms with E-state index < -0.39 is 0 Å². The topological polar surface area (TPSA) is 28.6 Å². The van der Waals surface area contributed by atoms with Crippen LogP contribution in [0.5, 0.6) is 5.75 Å². The summed E-state index contributed by atoms with van der Waals surface area (Å²) in [7, 11) is 1.75. The lowest BCUT2D eigenvalue weighted by atomic mass is 9.81. The Morgan fingerprint density at radius 3 is 2.52 bits per heavy atom. The molecule has 3 aromatic rings. The maximum atomic E-state index is 6.27. The number of benzene rings is 2. The second-order valence-corrected chi connectivity index (χ2v) is 9.24. The molecule has 1 saturated carbocycles. The van der Waals surface area contributed by atoms with Crippen LogP contribution in [0, 0.1) is 0 Å². The number of fused-ring (bicyclic) bond motifs is 1. The number of methoxy groups -OCH3 is 1. The molecule has 1 aliphatic heterocycles. The van der Waals surface area contributed by atoms with Crippen molar-refractivity contribution in [1.82, 2.24) is 9.88 Å². The van der Waals surface area contributed by atoms with Crippen molar-refractivity contribution in [3.05, 3.63) is 65.3 Å². The smallest absolute Gasteiger partial charge is 0.136 e. The van der Waals surface area contributed by atoms with Gasteiger partial charge in [0, 0.05) is 48.8 Å². The lowest BCUT2D eigenvalue weighted by Gasteiger charge is -2.42. The highest BCUT2D eigenvalue weighted by molar-refractivity contribution is 6.31. The summed E-state index contributed by atoms with van der Waals surface area (Å²) < 4.78 is 5.42. The van der Waals surface area contributed by atoms with E-state index in [4.69, 9.17) is 21.3 Å². The molecule has 5 rings (SSSR count). The minimum absolute atomic E-state index is 0.664. The molecular formula is C26H30ClN3O. The Morgan fingerprint density at radius 1 is 0.935 bits per heavy atom. The summed E-state index contributed by atoms with van der Waals surface area (Å²) >= 11 is 6.27. The number of hydrogen-bond acceptors (Lipinski definition) is 4. The van der Waals surface area contributed by atoms with Crippen molar-refractivity contribution in [3.63, 3.8) is 0 Å². The van der Waals surface area contributed by atoms with Gasteiger partial charge in [-0.2, -0.15) is 0 Å². The number of aromatic nitrogens is 1. The van der Waals surface area contributed by atoms with Gasteiger partial charge in [0.15, 0.2) is 0 Å². The van der Waals surface area contributed by atoms with Gasteiger partial charge in [-0.15, -0.1) is 0 Å². The summed E-state index contributed by atoms with van der Waals surface area (Å²) in [4.78, 5) is 9.84. The van der Waals surface area contributed by atoms with E-state index in [1.807, 2.05) is 24.4 Å². The molecule has 162 valence electrons. The molecule has 1 aliphatic carbocycles. The molecule has 0 radical (unpaired) electrons. The fourth-order valence-electron chi connectivity index (χ4n) is 5.35. The predicted octanol–water partition coefficient (Wildman–Crippen LogP) is 5.75. The van der Waals surface area contributed by atoms with Crippen LogP contribution < -0.4 is 9.64 Å². The zero-order chi connectivity index (χ0) is 21.2. The van der Waals surface area contributed by atoms with Crippen molar-refractivity contribution >= 4 is 28.2 Å². The van der Waals surface area contributed by atoms with E-state index >= 15 is 0 Å². The highest BCUT2D eigenvalue weighted by Crippen LogP contribution is 2.36. The van der Waals surface area contributed by atoms with Crippen molar-refractivity contribution in [1.29, 1.82) is 0 Å². The number of hydrogen-bond donors (Lipinski definition) is 0. The van der Waals surface area contributed by atoms with Crippen LogP contribution in [0.25, 0.3) is 10.8 Å². The number of anilines is 1. The van der Waals surface area contributed by atoms with Gasteiger partial charge >= 0.3 is 0 Å². The molecule has 0 N–H and O–H groups in total. The van der Waals surface area contributed by atoms with Crippen molar-refractivity contribution < 1.29 is 4.74 Å². The zero-order valence-corrected chi connectivity index (χ0v) is 18.9. The molecule has 5 heteroatoms. The number of pyridine rings is 1. The van der Waals surface area contributed by atoms with Gasteiger partial charge in [0.1, 0.15) is 11.6 Å². The molecule has 0 unspecified atom stereocenters. The summed E-state index contributed by atoms with van der Waals surface area (Å²) in [5.74, 6) is 2.71. The van der Waals surface area contributed by atoms with Crippen LogP contribution in [0.2, 0.25) is 5.02 Å². The molecule has 2 heterocycles. The normalized spacial score (nSPS) is 22.6. The first-order chi connectivity index (χ1) is 15.2. The van der Waals surface area contributed by atoms with Crippen molar-refractivity contribution in [2.75, 3.05) is 38.2 Å². The Kier molecular flexibility index (Phi) is 6.02. The molecule has 2 aliphatic rings. The summed E-state index contributed by atoms with van der Waals surface area (Å²) in [5.41, 5.74) is 1.43. The first-order valence-electron chi connectivity index (χ1n) is 11.4. The number of nitrogens with zero attached hydrogens (tertiary/aromatic N) is 3. The van der Waals surface area contributed by atoms with Gasteiger partial charge in [0.05, 0.1) is 7.11 Å². The highest BCUT2D eigenvalue weighted by Gasteiger charge is 2.29. The Labute approximate surface area is 189 Å². The van der Waals surface area contributed by atoms with Crippen LogP contribution in [0.15, 0.2) is 54.7 Å². The minimum Gasteiger partial charge on any atom is -0.497 e. The Morgan fingerprint density at radius 2 is 1.74 bits per heavy atom. The van der Waals surface area contributed by atoms with E-state index in [-0.39, 0.29) is 0 Å². The van der Waals surface area contributed by atoms with Crippen molar-refractivity contribution in [2.24, 2.45) is 0 Å². The zero-order valence-electron chi connectivity index (χ0n) is 18.1. The summed E-state index contributed by atoms with van der Waals surface area (Å²) in [6.45, 7) is 4.25. The van der Waals surface area contributed by atoms with Gasteiger partial charge in [0.2, 0.25) is 0 Å². The van der Waals surface area contributed by atoms with Gasteiger partial charge in [-0.3, -0.25) is 4.90 Å². The summed E-state index contributed by atoms with van der Waals surface area (Å²) in [6.07, 6.45) is 7.01. The van der Waals surface area contributed by atoms with Crippen LogP contribution in [-0.2, 0) is 0 Å². The van der Waals surface area contributed by atoms with Crippen LogP contribution >= 0.6 is 11.6 Å². The predicted molar refractivity (Wildman–Crippen MR) is 129 cm³/mol. The molecule has 0 spiro atoms. The van der Waals surface area contributed by atoms with Crippen molar-refractivity contribution in [2.45, 2.75) is 37.6 Å². The fourth-order valence-corrected chi connectivity index (χ4v) is 5.52. The van der Waals surface area contributed by atoms with Crippen LogP contribution in [0.4, 0.5) is 5.82 Å². The summed E-state index contributed by atoms with van der Waals surface area (Å²) in [6, 6.07) is 17.5. The van der Waals surface area contributed by atoms with Gasteiger partial charge in [-0.1, -0.05) is 29.8 Å². The molecule has 31 heavy (non-hydrogen) atoms. The number of piperazine rings is 1. The second kappa shape index (κ2) is 9.05. The highest BCUT2D eigenvalue weighted by atomic mass is 35.5. The number of rotatable bonds is 4. The molecular weight excluding hydrogens is 406 g/mol. The molecule has 4 nitrogen and oxygen atoms in total. The molecule has 2 aromatic carbocycles. The van der Waals surface area contributed by atoms with E-state index in [0.29, 0.717) is 12.0 Å². The lowest BCUT2D eigenvalue weighted by Crippen LogP contribution is -2.51. The van der Waals surface area contributed by atoms with Crippen molar-refractivity contribution in [3.8, 4) is 5.75 Å². The van der Waals surface area contributed by atoms with Crippen LogP contribution in [0.3, 0.4) is 0 Å². The van der Waals surface area contributed by atoms with E-state index in [9.17, 15) is 0 Å². The SMILES string of the molecule is COc1cccc([C@H]2CC[C@H](N3CCN(c4nccc5ccc(Cl)cc45)CC3)CC2)c1.